The minimum absolute atomic E-state index is 0.0114. The third kappa shape index (κ3) is 7.81. The highest BCUT2D eigenvalue weighted by Gasteiger charge is 2.28. The second-order valence-corrected chi connectivity index (χ2v) is 9.73. The van der Waals surface area contributed by atoms with Gasteiger partial charge in [0, 0.05) is 31.7 Å². The lowest BCUT2D eigenvalue weighted by atomic mass is 10.0. The van der Waals surface area contributed by atoms with Crippen molar-refractivity contribution in [3.05, 3.63) is 55.1 Å². The van der Waals surface area contributed by atoms with Gasteiger partial charge in [-0.3, -0.25) is 9.59 Å². The molecule has 1 aromatic rings. The Labute approximate surface area is 202 Å². The molecule has 0 aliphatic rings. The minimum Gasteiger partial charge on any atom is -0.454 e. The van der Waals surface area contributed by atoms with Gasteiger partial charge in [-0.15, -0.1) is 13.2 Å². The van der Waals surface area contributed by atoms with Crippen molar-refractivity contribution in [2.45, 2.75) is 38.6 Å². The Morgan fingerprint density at radius 3 is 2.18 bits per heavy atom. The van der Waals surface area contributed by atoms with Gasteiger partial charge in [0.2, 0.25) is 10.0 Å². The molecule has 34 heavy (non-hydrogen) atoms. The summed E-state index contributed by atoms with van der Waals surface area (Å²) in [5.41, 5.74) is 0.0888. The molecule has 0 radical (unpaired) electrons. The van der Waals surface area contributed by atoms with Gasteiger partial charge >= 0.3 is 5.97 Å². The molecule has 1 N–H and O–H groups in total. The Morgan fingerprint density at radius 1 is 1.09 bits per heavy atom. The van der Waals surface area contributed by atoms with Crippen LogP contribution in [0.5, 0.6) is 0 Å². The van der Waals surface area contributed by atoms with E-state index in [2.05, 4.69) is 18.5 Å². The summed E-state index contributed by atoms with van der Waals surface area (Å²) in [4.78, 5) is 39.2. The second-order valence-electron chi connectivity index (χ2n) is 7.80. The molecule has 1 atom stereocenters. The van der Waals surface area contributed by atoms with Gasteiger partial charge in [0.15, 0.2) is 6.61 Å². The molecule has 1 rings (SSSR count). The number of sulfonamides is 1. The zero-order valence-electron chi connectivity index (χ0n) is 20.3. The van der Waals surface area contributed by atoms with Gasteiger partial charge in [0.25, 0.3) is 11.8 Å². The number of nitrogens with one attached hydrogen (secondary N) is 1. The van der Waals surface area contributed by atoms with Crippen molar-refractivity contribution >= 4 is 27.8 Å². The topological polar surface area (TPSA) is 113 Å². The standard InChI is InChI=1S/C24H35N3O6S/c1-7-14-26(15-8-2)21(28)17-33-24(30)22(18(5)6)25-23(29)19-12-11-13-20(16-19)34(31,32)27(9-3)10-4/h7-8,11-13,16,18,22H,1-2,9-10,14-15,17H2,3-6H3,(H,25,29)/t22-/m0/s1. The lowest BCUT2D eigenvalue weighted by Gasteiger charge is -2.23. The van der Waals surface area contributed by atoms with Crippen molar-refractivity contribution in [3.63, 3.8) is 0 Å². The number of carbonyl (C=O) groups is 3. The van der Waals surface area contributed by atoms with Crippen molar-refractivity contribution < 1.29 is 27.5 Å². The number of benzene rings is 1. The normalized spacial score (nSPS) is 12.2. The Morgan fingerprint density at radius 2 is 1.68 bits per heavy atom. The SMILES string of the molecule is C=CCN(CC=C)C(=O)COC(=O)[C@@H](NC(=O)c1cccc(S(=O)(=O)N(CC)CC)c1)C(C)C. The summed E-state index contributed by atoms with van der Waals surface area (Å²) in [5.74, 6) is -2.15. The van der Waals surface area contributed by atoms with E-state index >= 15 is 0 Å². The number of esters is 1. The maximum Gasteiger partial charge on any atom is 0.329 e. The number of rotatable bonds is 14. The van der Waals surface area contributed by atoms with Crippen LogP contribution in [0.2, 0.25) is 0 Å². The van der Waals surface area contributed by atoms with Crippen molar-refractivity contribution in [2.24, 2.45) is 5.92 Å². The van der Waals surface area contributed by atoms with E-state index in [0.717, 1.165) is 0 Å². The van der Waals surface area contributed by atoms with Gasteiger partial charge in [-0.2, -0.15) is 4.31 Å². The molecule has 0 aromatic heterocycles. The van der Waals surface area contributed by atoms with Gasteiger partial charge in [0.1, 0.15) is 6.04 Å². The summed E-state index contributed by atoms with van der Waals surface area (Å²) < 4.78 is 32.0. The van der Waals surface area contributed by atoms with Crippen molar-refractivity contribution in [2.75, 3.05) is 32.8 Å². The molecule has 10 heteroatoms. The summed E-state index contributed by atoms with van der Waals surface area (Å²) in [6.07, 6.45) is 3.10. The van der Waals surface area contributed by atoms with Gasteiger partial charge in [-0.05, 0) is 24.1 Å². The first-order valence-corrected chi connectivity index (χ1v) is 12.5. The molecule has 0 saturated carbocycles. The molecule has 1 aromatic carbocycles. The van der Waals surface area contributed by atoms with Crippen LogP contribution >= 0.6 is 0 Å². The molecular formula is C24H35N3O6S. The number of hydrogen-bond donors (Lipinski definition) is 1. The summed E-state index contributed by atoms with van der Waals surface area (Å²) in [7, 11) is -3.75. The lowest BCUT2D eigenvalue weighted by Crippen LogP contribution is -2.46. The Hall–Kier alpha value is -2.98. The van der Waals surface area contributed by atoms with Crippen LogP contribution in [0.25, 0.3) is 0 Å². The van der Waals surface area contributed by atoms with E-state index in [1.54, 1.807) is 39.8 Å². The van der Waals surface area contributed by atoms with Gasteiger partial charge in [0.05, 0.1) is 4.90 Å². The quantitative estimate of drug-likeness (QED) is 0.314. The molecule has 0 heterocycles. The van der Waals surface area contributed by atoms with Crippen molar-refractivity contribution in [1.82, 2.24) is 14.5 Å². The molecule has 0 fully saturated rings. The Balaban J connectivity index is 2.97. The van der Waals surface area contributed by atoms with E-state index in [1.165, 1.54) is 33.5 Å². The Bertz CT molecular complexity index is 976. The van der Waals surface area contributed by atoms with Crippen LogP contribution in [0.3, 0.4) is 0 Å². The highest BCUT2D eigenvalue weighted by atomic mass is 32.2. The lowest BCUT2D eigenvalue weighted by molar-refractivity contribution is -0.154. The maximum atomic E-state index is 12.8. The predicted octanol–water partition coefficient (Wildman–Crippen LogP) is 2.22. The third-order valence-corrected chi connectivity index (χ3v) is 7.08. The number of amides is 2. The van der Waals surface area contributed by atoms with Gasteiger partial charge in [-0.25, -0.2) is 13.2 Å². The molecule has 0 spiro atoms. The van der Waals surface area contributed by atoms with E-state index in [4.69, 9.17) is 4.74 Å². The van der Waals surface area contributed by atoms with Gasteiger partial charge < -0.3 is 15.0 Å². The largest absolute Gasteiger partial charge is 0.454 e. The van der Waals surface area contributed by atoms with Crippen molar-refractivity contribution in [1.29, 1.82) is 0 Å². The van der Waals surface area contributed by atoms with Crippen LogP contribution in [0.15, 0.2) is 54.5 Å². The Kier molecular flexibility index (Phi) is 11.7. The van der Waals surface area contributed by atoms with Crippen LogP contribution < -0.4 is 5.32 Å². The summed E-state index contributed by atoms with van der Waals surface area (Å²) in [5, 5.41) is 2.59. The molecule has 0 aliphatic carbocycles. The van der Waals surface area contributed by atoms with E-state index in [9.17, 15) is 22.8 Å². The zero-order valence-corrected chi connectivity index (χ0v) is 21.1. The fraction of sp³-hybridized carbons (Fsp3) is 0.458. The van der Waals surface area contributed by atoms with E-state index in [0.29, 0.717) is 13.1 Å². The second kappa shape index (κ2) is 13.7. The summed E-state index contributed by atoms with van der Waals surface area (Å²) >= 11 is 0. The summed E-state index contributed by atoms with van der Waals surface area (Å²) in [6.45, 7) is 14.7. The predicted molar refractivity (Wildman–Crippen MR) is 131 cm³/mol. The van der Waals surface area contributed by atoms with Crippen LogP contribution in [-0.2, 0) is 24.3 Å². The molecule has 0 bridgehead atoms. The highest BCUT2D eigenvalue weighted by molar-refractivity contribution is 7.89. The molecular weight excluding hydrogens is 458 g/mol. The number of hydrogen-bond acceptors (Lipinski definition) is 6. The highest BCUT2D eigenvalue weighted by Crippen LogP contribution is 2.17. The van der Waals surface area contributed by atoms with Crippen molar-refractivity contribution in [3.8, 4) is 0 Å². The van der Waals surface area contributed by atoms with Crippen LogP contribution in [0.4, 0.5) is 0 Å². The van der Waals surface area contributed by atoms with E-state index in [1.807, 2.05) is 0 Å². The average Bonchev–Trinajstić information content (AvgIpc) is 2.80. The fourth-order valence-corrected chi connectivity index (χ4v) is 4.64. The van der Waals surface area contributed by atoms with E-state index < -0.39 is 40.5 Å². The number of carbonyl (C=O) groups excluding carboxylic acids is 3. The monoisotopic (exact) mass is 493 g/mol. The number of nitrogens with zero attached hydrogens (tertiary/aromatic N) is 2. The molecule has 0 unspecified atom stereocenters. The van der Waals surface area contributed by atoms with Crippen LogP contribution in [0, 0.1) is 5.92 Å². The zero-order chi connectivity index (χ0) is 25.9. The fourth-order valence-electron chi connectivity index (χ4n) is 3.14. The molecule has 0 saturated heterocycles. The molecule has 2 amide bonds. The smallest absolute Gasteiger partial charge is 0.329 e. The minimum atomic E-state index is -3.75. The first-order valence-electron chi connectivity index (χ1n) is 11.1. The molecule has 0 aliphatic heterocycles. The van der Waals surface area contributed by atoms with Gasteiger partial charge in [-0.1, -0.05) is 45.9 Å². The maximum absolute atomic E-state index is 12.8. The summed E-state index contributed by atoms with van der Waals surface area (Å²) in [6, 6.07) is 4.60. The first-order chi connectivity index (χ1) is 16.0. The molecule has 9 nitrogen and oxygen atoms in total. The van der Waals surface area contributed by atoms with E-state index in [-0.39, 0.29) is 29.5 Å². The number of ether oxygens (including phenoxy) is 1. The molecule has 188 valence electrons. The third-order valence-electron chi connectivity index (χ3n) is 5.04. The average molecular weight is 494 g/mol. The van der Waals surface area contributed by atoms with Crippen LogP contribution in [0.1, 0.15) is 38.1 Å². The first kappa shape index (κ1) is 29.1. The van der Waals surface area contributed by atoms with Crippen LogP contribution in [-0.4, -0.2) is 74.2 Å².